The lowest BCUT2D eigenvalue weighted by Gasteiger charge is -2.14. The van der Waals surface area contributed by atoms with Gasteiger partial charge in [0.2, 0.25) is 0 Å². The number of halogens is 2. The molecule has 2 aromatic carbocycles. The number of nitrogens with zero attached hydrogens (tertiary/aromatic N) is 4. The van der Waals surface area contributed by atoms with Crippen molar-refractivity contribution in [1.29, 1.82) is 10.5 Å². The minimum absolute atomic E-state index is 0.0205. The second-order valence-electron chi connectivity index (χ2n) is 6.23. The van der Waals surface area contributed by atoms with Gasteiger partial charge in [0.1, 0.15) is 33.7 Å². The molecule has 0 aliphatic rings. The van der Waals surface area contributed by atoms with Gasteiger partial charge < -0.3 is 5.73 Å². The first-order chi connectivity index (χ1) is 14.5. The largest absolute Gasteiger partial charge is 0.383 e. The predicted molar refractivity (Wildman–Crippen MR) is 119 cm³/mol. The standard InChI is InChI=1S/C22H11Cl2N5S/c23-13-5-7-14(8-6-13)30-22-17(11-26)19(16(10-25)21(27)29-22)15-9-12-3-1-2-4-18(12)28-20(15)24/h1-9H,(H2,27,29). The fourth-order valence-corrected chi connectivity index (χ4v) is 4.28. The van der Waals surface area contributed by atoms with Crippen LogP contribution in [-0.2, 0) is 0 Å². The highest BCUT2D eigenvalue weighted by Gasteiger charge is 2.23. The maximum atomic E-state index is 9.96. The lowest BCUT2D eigenvalue weighted by molar-refractivity contribution is 1.11. The lowest BCUT2D eigenvalue weighted by Crippen LogP contribution is -2.04. The van der Waals surface area contributed by atoms with E-state index < -0.39 is 0 Å². The van der Waals surface area contributed by atoms with Crippen LogP contribution in [0.1, 0.15) is 11.1 Å². The van der Waals surface area contributed by atoms with Gasteiger partial charge in [-0.3, -0.25) is 0 Å². The Morgan fingerprint density at radius 3 is 2.30 bits per heavy atom. The van der Waals surface area contributed by atoms with Crippen molar-refractivity contribution in [1.82, 2.24) is 9.97 Å². The lowest BCUT2D eigenvalue weighted by atomic mass is 9.97. The Bertz CT molecular complexity index is 1370. The van der Waals surface area contributed by atoms with E-state index >= 15 is 0 Å². The third kappa shape index (κ3) is 3.65. The van der Waals surface area contributed by atoms with Gasteiger partial charge in [-0.15, -0.1) is 0 Å². The zero-order valence-corrected chi connectivity index (χ0v) is 17.6. The van der Waals surface area contributed by atoms with E-state index in [4.69, 9.17) is 28.9 Å². The van der Waals surface area contributed by atoms with E-state index in [1.54, 1.807) is 18.2 Å². The normalized spacial score (nSPS) is 10.5. The molecule has 0 unspecified atom stereocenters. The van der Waals surface area contributed by atoms with E-state index in [0.717, 1.165) is 10.3 Å². The van der Waals surface area contributed by atoms with E-state index in [1.807, 2.05) is 36.4 Å². The first-order valence-electron chi connectivity index (χ1n) is 8.64. The second kappa shape index (κ2) is 8.22. The number of anilines is 1. The Hall–Kier alpha value is -3.29. The number of nitrogens with two attached hydrogens (primary N) is 1. The Morgan fingerprint density at radius 2 is 1.60 bits per heavy atom. The SMILES string of the molecule is N#Cc1c(N)nc(Sc2ccc(Cl)cc2)c(C#N)c1-c1cc2ccccc2nc1Cl. The zero-order valence-electron chi connectivity index (χ0n) is 15.2. The van der Waals surface area contributed by atoms with Crippen LogP contribution in [0.5, 0.6) is 0 Å². The van der Waals surface area contributed by atoms with Crippen molar-refractivity contribution in [2.24, 2.45) is 0 Å². The highest BCUT2D eigenvalue weighted by Crippen LogP contribution is 2.41. The maximum absolute atomic E-state index is 9.96. The number of nitriles is 2. The van der Waals surface area contributed by atoms with Gasteiger partial charge in [0.25, 0.3) is 0 Å². The molecule has 0 fully saturated rings. The number of aromatic nitrogens is 2. The van der Waals surface area contributed by atoms with Gasteiger partial charge in [-0.05, 0) is 36.4 Å². The highest BCUT2D eigenvalue weighted by atomic mass is 35.5. The third-order valence-corrected chi connectivity index (χ3v) is 5.93. The number of para-hydroxylation sites is 1. The van der Waals surface area contributed by atoms with Gasteiger partial charge in [0, 0.05) is 26.4 Å². The molecule has 4 rings (SSSR count). The molecule has 2 N–H and O–H groups in total. The van der Waals surface area contributed by atoms with E-state index in [1.165, 1.54) is 11.8 Å². The third-order valence-electron chi connectivity index (χ3n) is 4.39. The Labute approximate surface area is 186 Å². The molecule has 2 aromatic heterocycles. The molecule has 0 aliphatic carbocycles. The molecule has 0 spiro atoms. The second-order valence-corrected chi connectivity index (χ2v) is 8.08. The number of rotatable bonds is 3. The zero-order chi connectivity index (χ0) is 21.3. The first-order valence-corrected chi connectivity index (χ1v) is 10.2. The van der Waals surface area contributed by atoms with Gasteiger partial charge in [-0.25, -0.2) is 9.97 Å². The average Bonchev–Trinajstić information content (AvgIpc) is 2.74. The van der Waals surface area contributed by atoms with Crippen molar-refractivity contribution >= 4 is 51.7 Å². The molecule has 0 amide bonds. The molecule has 0 bridgehead atoms. The van der Waals surface area contributed by atoms with Gasteiger partial charge >= 0.3 is 0 Å². The van der Waals surface area contributed by atoms with Gasteiger partial charge in [-0.1, -0.05) is 53.2 Å². The number of pyridine rings is 2. The molecule has 0 saturated heterocycles. The summed E-state index contributed by atoms with van der Waals surface area (Å²) in [6.07, 6.45) is 0. The van der Waals surface area contributed by atoms with Crippen molar-refractivity contribution in [3.63, 3.8) is 0 Å². The summed E-state index contributed by atoms with van der Waals surface area (Å²) < 4.78 is 0. The number of benzene rings is 2. The maximum Gasteiger partial charge on any atom is 0.143 e. The highest BCUT2D eigenvalue weighted by molar-refractivity contribution is 7.99. The molecule has 0 atom stereocenters. The van der Waals surface area contributed by atoms with Gasteiger partial charge in [0.05, 0.1) is 11.1 Å². The number of fused-ring (bicyclic) bond motifs is 1. The Balaban J connectivity index is 1.98. The minimum Gasteiger partial charge on any atom is -0.383 e. The summed E-state index contributed by atoms with van der Waals surface area (Å²) in [5.41, 5.74) is 7.88. The number of hydrogen-bond donors (Lipinski definition) is 1. The van der Waals surface area contributed by atoms with E-state index in [0.29, 0.717) is 26.7 Å². The number of nitrogen functional groups attached to an aromatic ring is 1. The van der Waals surface area contributed by atoms with Crippen LogP contribution in [0, 0.1) is 22.7 Å². The summed E-state index contributed by atoms with van der Waals surface area (Å²) in [6.45, 7) is 0. The van der Waals surface area contributed by atoms with Gasteiger partial charge in [0.15, 0.2) is 0 Å². The molecular formula is C22H11Cl2N5S. The van der Waals surface area contributed by atoms with E-state index in [-0.39, 0.29) is 22.1 Å². The van der Waals surface area contributed by atoms with Crippen molar-refractivity contribution in [3.8, 4) is 23.3 Å². The minimum atomic E-state index is 0.0205. The van der Waals surface area contributed by atoms with Crippen molar-refractivity contribution < 1.29 is 0 Å². The number of hydrogen-bond acceptors (Lipinski definition) is 6. The fraction of sp³-hybridized carbons (Fsp3) is 0. The summed E-state index contributed by atoms with van der Waals surface area (Å²) >= 11 is 13.7. The Morgan fingerprint density at radius 1 is 0.900 bits per heavy atom. The molecule has 2 heterocycles. The summed E-state index contributed by atoms with van der Waals surface area (Å²) in [7, 11) is 0. The van der Waals surface area contributed by atoms with Crippen LogP contribution in [0.15, 0.2) is 64.5 Å². The quantitative estimate of drug-likeness (QED) is 0.381. The van der Waals surface area contributed by atoms with Crippen LogP contribution in [0.2, 0.25) is 10.2 Å². The van der Waals surface area contributed by atoms with Gasteiger partial charge in [-0.2, -0.15) is 10.5 Å². The fourth-order valence-electron chi connectivity index (χ4n) is 3.02. The topological polar surface area (TPSA) is 99.4 Å². The molecule has 8 heteroatoms. The smallest absolute Gasteiger partial charge is 0.143 e. The van der Waals surface area contributed by atoms with E-state index in [2.05, 4.69) is 22.1 Å². The summed E-state index contributed by atoms with van der Waals surface area (Å²) in [4.78, 5) is 9.55. The predicted octanol–water partition coefficient (Wildman–Crippen LogP) is 6.08. The monoisotopic (exact) mass is 447 g/mol. The molecule has 5 nitrogen and oxygen atoms in total. The van der Waals surface area contributed by atoms with Crippen LogP contribution in [0.25, 0.3) is 22.0 Å². The summed E-state index contributed by atoms with van der Waals surface area (Å²) in [5.74, 6) is 0.0205. The van der Waals surface area contributed by atoms with Crippen LogP contribution in [-0.4, -0.2) is 9.97 Å². The van der Waals surface area contributed by atoms with Crippen LogP contribution in [0.3, 0.4) is 0 Å². The summed E-state index contributed by atoms with van der Waals surface area (Å²) in [5, 5.41) is 21.7. The molecular weight excluding hydrogens is 437 g/mol. The first kappa shape index (κ1) is 20.0. The molecule has 0 aliphatic heterocycles. The molecule has 30 heavy (non-hydrogen) atoms. The average molecular weight is 448 g/mol. The molecule has 0 saturated carbocycles. The van der Waals surface area contributed by atoms with Crippen LogP contribution >= 0.6 is 35.0 Å². The summed E-state index contributed by atoms with van der Waals surface area (Å²) in [6, 6.07) is 20.6. The van der Waals surface area contributed by atoms with Crippen LogP contribution < -0.4 is 5.73 Å². The molecule has 0 radical (unpaired) electrons. The molecule has 144 valence electrons. The van der Waals surface area contributed by atoms with Crippen molar-refractivity contribution in [3.05, 3.63) is 75.9 Å². The van der Waals surface area contributed by atoms with Crippen LogP contribution in [0.4, 0.5) is 5.82 Å². The van der Waals surface area contributed by atoms with Crippen molar-refractivity contribution in [2.75, 3.05) is 5.73 Å². The van der Waals surface area contributed by atoms with E-state index in [9.17, 15) is 10.5 Å². The van der Waals surface area contributed by atoms with Crippen molar-refractivity contribution in [2.45, 2.75) is 9.92 Å². The Kier molecular flexibility index (Phi) is 5.48. The molecule has 4 aromatic rings.